The van der Waals surface area contributed by atoms with Gasteiger partial charge in [-0.25, -0.2) is 9.67 Å². The van der Waals surface area contributed by atoms with Crippen LogP contribution < -0.4 is 0 Å². The maximum absolute atomic E-state index is 7.84. The van der Waals surface area contributed by atoms with Gasteiger partial charge in [0.1, 0.15) is 0 Å². The van der Waals surface area contributed by atoms with Gasteiger partial charge in [-0.2, -0.15) is 5.10 Å². The molecule has 0 aliphatic heterocycles. The summed E-state index contributed by atoms with van der Waals surface area (Å²) in [6, 6.07) is -1.56. The molecule has 0 bridgehead atoms. The van der Waals surface area contributed by atoms with Crippen LogP contribution in [0, 0.1) is 6.85 Å². The molecule has 0 unspecified atom stereocenters. The first-order valence-corrected chi connectivity index (χ1v) is 4.05. The zero-order valence-corrected chi connectivity index (χ0v) is 7.81. The normalized spacial score (nSPS) is 20.1. The molecule has 2 heterocycles. The second-order valence-electron chi connectivity index (χ2n) is 2.11. The lowest BCUT2D eigenvalue weighted by atomic mass is 10.5. The Balaban J connectivity index is 2.75. The molecule has 13 heavy (non-hydrogen) atoms. The van der Waals surface area contributed by atoms with Crippen LogP contribution >= 0.6 is 15.9 Å². The van der Waals surface area contributed by atoms with E-state index >= 15 is 0 Å². The molecule has 3 nitrogen and oxygen atoms in total. The third-order valence-electron chi connectivity index (χ3n) is 1.27. The standard InChI is InChI=1S/C9H8BrN3/c1-7-8(10)6-13(12-7)9-4-2-3-5-11-9/h2-6H,1H3/i1D3,2D,3D,4D,5D,6D. The fourth-order valence-electron chi connectivity index (χ4n) is 0.739. The molecule has 0 spiro atoms. The lowest BCUT2D eigenvalue weighted by molar-refractivity contribution is 0.832. The lowest BCUT2D eigenvalue weighted by Crippen LogP contribution is -1.96. The van der Waals surface area contributed by atoms with E-state index in [1.807, 2.05) is 0 Å². The minimum absolute atomic E-state index is 0.0725. The molecule has 0 saturated heterocycles. The highest BCUT2D eigenvalue weighted by Crippen LogP contribution is 2.15. The molecule has 4 heteroatoms. The summed E-state index contributed by atoms with van der Waals surface area (Å²) < 4.78 is 60.7. The predicted molar refractivity (Wildman–Crippen MR) is 53.8 cm³/mol. The highest BCUT2D eigenvalue weighted by Gasteiger charge is 2.02. The van der Waals surface area contributed by atoms with E-state index < -0.39 is 31.2 Å². The van der Waals surface area contributed by atoms with Crippen LogP contribution in [0.3, 0.4) is 0 Å². The molecule has 0 atom stereocenters. The molecule has 0 aromatic carbocycles. The van der Waals surface area contributed by atoms with E-state index in [0.29, 0.717) is 0 Å². The van der Waals surface area contributed by atoms with Crippen LogP contribution in [0.25, 0.3) is 5.82 Å². The largest absolute Gasteiger partial charge is 0.237 e. The summed E-state index contributed by atoms with van der Waals surface area (Å²) in [5.41, 5.74) is -0.373. The summed E-state index contributed by atoms with van der Waals surface area (Å²) in [5, 5.41) is 3.73. The first-order valence-electron chi connectivity index (χ1n) is 7.26. The minimum atomic E-state index is -2.56. The lowest BCUT2D eigenvalue weighted by Gasteiger charge is -1.96. The molecular weight excluding hydrogens is 230 g/mol. The van der Waals surface area contributed by atoms with Crippen molar-refractivity contribution in [3.63, 3.8) is 0 Å². The SMILES string of the molecule is [2H]c1nc(-n2nc(C([2H])([2H])[2H])c(Br)c2[2H])c([2H])c([2H])c1[2H]. The van der Waals surface area contributed by atoms with E-state index in [2.05, 4.69) is 26.0 Å². The van der Waals surface area contributed by atoms with Gasteiger partial charge in [-0.15, -0.1) is 0 Å². The van der Waals surface area contributed by atoms with Gasteiger partial charge in [0.2, 0.25) is 0 Å². The van der Waals surface area contributed by atoms with Crippen LogP contribution in [0.5, 0.6) is 0 Å². The minimum Gasteiger partial charge on any atom is -0.237 e. The fraction of sp³-hybridized carbons (Fsp3) is 0.111. The quantitative estimate of drug-likeness (QED) is 0.773. The van der Waals surface area contributed by atoms with Gasteiger partial charge in [-0.05, 0) is 34.9 Å². The van der Waals surface area contributed by atoms with Gasteiger partial charge in [0.05, 0.1) is 17.0 Å². The Hall–Kier alpha value is -1.16. The van der Waals surface area contributed by atoms with Crippen molar-refractivity contribution in [2.24, 2.45) is 0 Å². The molecular formula is C9H8BrN3. The Morgan fingerprint density at radius 1 is 1.62 bits per heavy atom. The topological polar surface area (TPSA) is 30.7 Å². The van der Waals surface area contributed by atoms with Crippen LogP contribution in [0.1, 0.15) is 16.7 Å². The molecule has 0 aliphatic rings. The van der Waals surface area contributed by atoms with E-state index in [0.717, 1.165) is 4.68 Å². The number of hydrogen-bond donors (Lipinski definition) is 0. The van der Waals surface area contributed by atoms with Gasteiger partial charge in [-0.3, -0.25) is 0 Å². The number of pyridine rings is 1. The first kappa shape index (κ1) is 3.20. The first-order chi connectivity index (χ1) is 9.55. The van der Waals surface area contributed by atoms with Crippen molar-refractivity contribution in [3.05, 3.63) is 40.6 Å². The van der Waals surface area contributed by atoms with Crippen LogP contribution in [-0.2, 0) is 0 Å². The van der Waals surface area contributed by atoms with Gasteiger partial charge in [0, 0.05) is 16.5 Å². The summed E-state index contributed by atoms with van der Waals surface area (Å²) in [7, 11) is 0. The summed E-state index contributed by atoms with van der Waals surface area (Å²) in [5.74, 6) is -0.331. The third-order valence-corrected chi connectivity index (χ3v) is 1.82. The predicted octanol–water partition coefficient (Wildman–Crippen LogP) is 2.34. The molecule has 0 saturated carbocycles. The second kappa shape index (κ2) is 3.30. The highest BCUT2D eigenvalue weighted by molar-refractivity contribution is 9.10. The molecule has 2 aromatic rings. The zero-order chi connectivity index (χ0) is 16.1. The van der Waals surface area contributed by atoms with Crippen molar-refractivity contribution in [2.75, 3.05) is 0 Å². The van der Waals surface area contributed by atoms with Crippen molar-refractivity contribution in [1.29, 1.82) is 0 Å². The average molecular weight is 246 g/mol. The van der Waals surface area contributed by atoms with Gasteiger partial charge < -0.3 is 0 Å². The van der Waals surface area contributed by atoms with Gasteiger partial charge in [0.15, 0.2) is 5.82 Å². The number of nitrogens with zero attached hydrogens (tertiary/aromatic N) is 3. The number of halogens is 1. The summed E-state index contributed by atoms with van der Waals surface area (Å²) in [6.45, 7) is -2.56. The van der Waals surface area contributed by atoms with Gasteiger partial charge in [-0.1, -0.05) is 6.04 Å². The van der Waals surface area contributed by atoms with Crippen LogP contribution in [0.4, 0.5) is 0 Å². The maximum Gasteiger partial charge on any atom is 0.153 e. The molecule has 2 rings (SSSR count). The third kappa shape index (κ3) is 1.62. The Morgan fingerprint density at radius 2 is 2.54 bits per heavy atom. The van der Waals surface area contributed by atoms with Crippen LogP contribution in [0.2, 0.25) is 0 Å². The molecule has 66 valence electrons. The summed E-state index contributed by atoms with van der Waals surface area (Å²) in [6.07, 6.45) is -0.911. The smallest absolute Gasteiger partial charge is 0.153 e. The average Bonchev–Trinajstić information content (AvgIpc) is 2.68. The number of aromatic nitrogens is 3. The van der Waals surface area contributed by atoms with Crippen molar-refractivity contribution >= 4 is 15.9 Å². The Morgan fingerprint density at radius 3 is 3.31 bits per heavy atom. The van der Waals surface area contributed by atoms with Crippen molar-refractivity contribution in [3.8, 4) is 5.82 Å². The van der Waals surface area contributed by atoms with E-state index in [9.17, 15) is 0 Å². The number of rotatable bonds is 1. The van der Waals surface area contributed by atoms with E-state index in [1.54, 1.807) is 0 Å². The fourth-order valence-corrected chi connectivity index (χ4v) is 0.987. The van der Waals surface area contributed by atoms with E-state index in [4.69, 9.17) is 11.0 Å². The summed E-state index contributed by atoms with van der Waals surface area (Å²) in [4.78, 5) is 3.65. The van der Waals surface area contributed by atoms with Gasteiger partial charge >= 0.3 is 0 Å². The van der Waals surface area contributed by atoms with Crippen molar-refractivity contribution in [2.45, 2.75) is 6.85 Å². The van der Waals surface area contributed by atoms with Gasteiger partial charge in [0.25, 0.3) is 0 Å². The monoisotopic (exact) mass is 245 g/mol. The highest BCUT2D eigenvalue weighted by atomic mass is 79.9. The van der Waals surface area contributed by atoms with Crippen molar-refractivity contribution < 1.29 is 11.0 Å². The van der Waals surface area contributed by atoms with Crippen molar-refractivity contribution in [1.82, 2.24) is 14.8 Å². The Labute approximate surface area is 95.8 Å². The molecule has 0 aliphatic carbocycles. The Kier molecular flexibility index (Phi) is 0.813. The maximum atomic E-state index is 7.84. The second-order valence-corrected chi connectivity index (χ2v) is 2.90. The molecule has 0 fully saturated rings. The number of aryl methyl sites for hydroxylation is 1. The molecule has 0 N–H and O–H groups in total. The van der Waals surface area contributed by atoms with Crippen LogP contribution in [0.15, 0.2) is 34.9 Å². The zero-order valence-electron chi connectivity index (χ0n) is 14.2. The van der Waals surface area contributed by atoms with E-state index in [-0.39, 0.29) is 22.2 Å². The van der Waals surface area contributed by atoms with Crippen LogP contribution in [-0.4, -0.2) is 14.8 Å². The number of hydrogen-bond acceptors (Lipinski definition) is 2. The molecule has 2 aromatic heterocycles. The van der Waals surface area contributed by atoms with E-state index in [1.165, 1.54) is 0 Å². The summed E-state index contributed by atoms with van der Waals surface area (Å²) >= 11 is 2.96. The molecule has 0 radical (unpaired) electrons. The Bertz CT molecular complexity index is 723. The molecule has 0 amide bonds.